The summed E-state index contributed by atoms with van der Waals surface area (Å²) in [6, 6.07) is 42.9. The van der Waals surface area contributed by atoms with E-state index in [0.717, 1.165) is 28.6 Å². The molecule has 0 aliphatic carbocycles. The summed E-state index contributed by atoms with van der Waals surface area (Å²) in [5, 5.41) is 7.52. The predicted octanol–water partition coefficient (Wildman–Crippen LogP) is 9.54. The van der Waals surface area contributed by atoms with Crippen LogP contribution in [0.3, 0.4) is 0 Å². The summed E-state index contributed by atoms with van der Waals surface area (Å²) >= 11 is 1.80. The third-order valence-corrected chi connectivity index (χ3v) is 8.43. The van der Waals surface area contributed by atoms with E-state index in [9.17, 15) is 0 Å². The number of nitrogens with zero attached hydrogens (tertiary/aromatic N) is 3. The third kappa shape index (κ3) is 3.24. The van der Waals surface area contributed by atoms with E-state index in [2.05, 4.69) is 120 Å². The highest BCUT2D eigenvalue weighted by Gasteiger charge is 2.25. The lowest BCUT2D eigenvalue weighted by Crippen LogP contribution is -2.16. The zero-order chi connectivity index (χ0) is 25.1. The van der Waals surface area contributed by atoms with Gasteiger partial charge in [-0.2, -0.15) is 0 Å². The third-order valence-electron chi connectivity index (χ3n) is 7.30. The molecule has 8 rings (SSSR count). The van der Waals surface area contributed by atoms with Crippen molar-refractivity contribution >= 4 is 61.3 Å². The van der Waals surface area contributed by atoms with Gasteiger partial charge in [-0.15, -0.1) is 0 Å². The van der Waals surface area contributed by atoms with Gasteiger partial charge >= 0.3 is 0 Å². The predicted molar refractivity (Wildman–Crippen MR) is 159 cm³/mol. The lowest BCUT2D eigenvalue weighted by atomic mass is 9.93. The van der Waals surface area contributed by atoms with Gasteiger partial charge in [0.1, 0.15) is 5.82 Å². The molecule has 1 aromatic heterocycles. The Hall–Kier alpha value is -4.67. The average Bonchev–Trinajstić information content (AvgIpc) is 3.00. The monoisotopic (exact) mass is 503 g/mol. The zero-order valence-electron chi connectivity index (χ0n) is 20.4. The smallest absolute Gasteiger partial charge is 0.161 e. The topological polar surface area (TPSA) is 29.0 Å². The lowest BCUT2D eigenvalue weighted by Gasteiger charge is -2.31. The van der Waals surface area contributed by atoms with Gasteiger partial charge in [0.15, 0.2) is 5.82 Å². The van der Waals surface area contributed by atoms with E-state index in [1.165, 1.54) is 42.1 Å². The zero-order valence-corrected chi connectivity index (χ0v) is 21.2. The first-order chi connectivity index (χ1) is 18.8. The molecule has 1 aliphatic rings. The number of anilines is 3. The molecule has 0 N–H and O–H groups in total. The Balaban J connectivity index is 1.33. The molecule has 2 heterocycles. The molecule has 6 aromatic carbocycles. The van der Waals surface area contributed by atoms with Gasteiger partial charge in [-0.3, -0.25) is 4.90 Å². The van der Waals surface area contributed by atoms with Gasteiger partial charge in [-0.1, -0.05) is 96.7 Å². The maximum Gasteiger partial charge on any atom is 0.161 e. The molecule has 3 nitrogen and oxygen atoms in total. The van der Waals surface area contributed by atoms with Gasteiger partial charge in [0.25, 0.3) is 0 Å². The number of fused-ring (bicyclic) bond motifs is 8. The Bertz CT molecular complexity index is 1950. The molecule has 38 heavy (non-hydrogen) atoms. The quantitative estimate of drug-likeness (QED) is 0.220. The van der Waals surface area contributed by atoms with Gasteiger partial charge in [0.2, 0.25) is 0 Å². The fourth-order valence-corrected chi connectivity index (χ4v) is 6.67. The summed E-state index contributed by atoms with van der Waals surface area (Å²) in [6.07, 6.45) is 1.87. The number of aromatic nitrogens is 2. The molecular formula is C34H21N3S. The second kappa shape index (κ2) is 8.44. The van der Waals surface area contributed by atoms with Crippen molar-refractivity contribution in [2.24, 2.45) is 0 Å². The standard InChI is InChI=1S/C34H21N3S/c1-2-11-25-23(9-1)24-10-3-4-12-26(24)28-21-22(17-18-27(25)28)34-35-20-19-33(36-34)37-29-13-5-7-15-31(29)38-32-16-8-6-14-30(32)37/h1-21H. The van der Waals surface area contributed by atoms with Crippen LogP contribution in [0, 0.1) is 0 Å². The molecular weight excluding hydrogens is 482 g/mol. The molecule has 0 saturated heterocycles. The number of hydrogen-bond donors (Lipinski definition) is 0. The maximum absolute atomic E-state index is 5.12. The van der Waals surface area contributed by atoms with E-state index in [1.807, 2.05) is 12.3 Å². The van der Waals surface area contributed by atoms with Crippen molar-refractivity contribution in [1.82, 2.24) is 9.97 Å². The van der Waals surface area contributed by atoms with Crippen molar-refractivity contribution < 1.29 is 0 Å². The van der Waals surface area contributed by atoms with Gasteiger partial charge in [-0.25, -0.2) is 9.97 Å². The summed E-state index contributed by atoms with van der Waals surface area (Å²) in [7, 11) is 0. The SMILES string of the molecule is c1ccc2c(c1)Sc1ccccc1N2c1ccnc(-c2ccc3c4ccccc4c4ccccc4c3c2)n1. The summed E-state index contributed by atoms with van der Waals surface area (Å²) in [5.74, 6) is 1.58. The van der Waals surface area contributed by atoms with Gasteiger partial charge in [0.05, 0.1) is 11.4 Å². The number of para-hydroxylation sites is 2. The van der Waals surface area contributed by atoms with Crippen molar-refractivity contribution in [3.8, 4) is 11.4 Å². The normalized spacial score (nSPS) is 12.6. The van der Waals surface area contributed by atoms with E-state index in [1.54, 1.807) is 11.8 Å². The Kier molecular flexibility index (Phi) is 4.76. The number of rotatable bonds is 2. The molecule has 4 heteroatoms. The second-order valence-electron chi connectivity index (χ2n) is 9.46. The van der Waals surface area contributed by atoms with Crippen molar-refractivity contribution in [3.05, 3.63) is 128 Å². The van der Waals surface area contributed by atoms with Crippen molar-refractivity contribution in [2.45, 2.75) is 9.79 Å². The first kappa shape index (κ1) is 21.4. The second-order valence-corrected chi connectivity index (χ2v) is 10.5. The minimum atomic E-state index is 0.717. The van der Waals surface area contributed by atoms with Crippen LogP contribution in [0.2, 0.25) is 0 Å². The van der Waals surface area contributed by atoms with Crippen LogP contribution in [0.25, 0.3) is 43.7 Å². The molecule has 0 atom stereocenters. The van der Waals surface area contributed by atoms with Crippen LogP contribution in [-0.2, 0) is 0 Å². The summed E-state index contributed by atoms with van der Waals surface area (Å²) in [6.45, 7) is 0. The van der Waals surface area contributed by atoms with Crippen LogP contribution >= 0.6 is 11.8 Å². The van der Waals surface area contributed by atoms with E-state index in [4.69, 9.17) is 9.97 Å². The Morgan fingerprint density at radius 2 is 1.03 bits per heavy atom. The van der Waals surface area contributed by atoms with E-state index < -0.39 is 0 Å². The minimum Gasteiger partial charge on any atom is -0.293 e. The molecule has 178 valence electrons. The molecule has 0 amide bonds. The first-order valence-corrected chi connectivity index (χ1v) is 13.5. The Labute approximate surface area is 224 Å². The highest BCUT2D eigenvalue weighted by molar-refractivity contribution is 7.99. The average molecular weight is 504 g/mol. The molecule has 0 unspecified atom stereocenters. The summed E-state index contributed by atoms with van der Waals surface area (Å²) in [4.78, 5) is 14.5. The number of hydrogen-bond acceptors (Lipinski definition) is 4. The molecule has 1 aliphatic heterocycles. The van der Waals surface area contributed by atoms with Gasteiger partial charge in [-0.05, 0) is 68.7 Å². The van der Waals surface area contributed by atoms with Gasteiger partial charge < -0.3 is 0 Å². The van der Waals surface area contributed by atoms with Crippen LogP contribution in [0.1, 0.15) is 0 Å². The van der Waals surface area contributed by atoms with Crippen molar-refractivity contribution in [3.63, 3.8) is 0 Å². The van der Waals surface area contributed by atoms with E-state index in [-0.39, 0.29) is 0 Å². The van der Waals surface area contributed by atoms with Crippen LogP contribution in [-0.4, -0.2) is 9.97 Å². The van der Waals surface area contributed by atoms with Gasteiger partial charge in [0, 0.05) is 21.6 Å². The highest BCUT2D eigenvalue weighted by Crippen LogP contribution is 2.50. The fourth-order valence-electron chi connectivity index (χ4n) is 5.61. The summed E-state index contributed by atoms with van der Waals surface area (Å²) < 4.78 is 0. The van der Waals surface area contributed by atoms with Crippen LogP contribution < -0.4 is 4.90 Å². The largest absolute Gasteiger partial charge is 0.293 e. The summed E-state index contributed by atoms with van der Waals surface area (Å²) in [5.41, 5.74) is 3.28. The fraction of sp³-hybridized carbons (Fsp3) is 0. The number of benzene rings is 6. The van der Waals surface area contributed by atoms with Crippen molar-refractivity contribution in [2.75, 3.05) is 4.90 Å². The van der Waals surface area contributed by atoms with E-state index >= 15 is 0 Å². The molecule has 0 spiro atoms. The molecule has 0 fully saturated rings. The van der Waals surface area contributed by atoms with E-state index in [0.29, 0.717) is 0 Å². The Morgan fingerprint density at radius 1 is 0.500 bits per heavy atom. The minimum absolute atomic E-state index is 0.717. The molecule has 0 bridgehead atoms. The maximum atomic E-state index is 5.12. The molecule has 0 radical (unpaired) electrons. The van der Waals surface area contributed by atoms with Crippen LogP contribution in [0.15, 0.2) is 137 Å². The lowest BCUT2D eigenvalue weighted by molar-refractivity contribution is 1.08. The van der Waals surface area contributed by atoms with Crippen molar-refractivity contribution in [1.29, 1.82) is 0 Å². The van der Waals surface area contributed by atoms with Crippen LogP contribution in [0.4, 0.5) is 17.2 Å². The molecule has 0 saturated carbocycles. The first-order valence-electron chi connectivity index (χ1n) is 12.7. The Morgan fingerprint density at radius 3 is 1.66 bits per heavy atom. The van der Waals surface area contributed by atoms with Crippen LogP contribution in [0.5, 0.6) is 0 Å². The highest BCUT2D eigenvalue weighted by atomic mass is 32.2. The molecule has 7 aromatic rings.